The van der Waals surface area contributed by atoms with E-state index in [9.17, 15) is 18.4 Å². The van der Waals surface area contributed by atoms with Crippen molar-refractivity contribution in [3.63, 3.8) is 0 Å². The number of carbonyl (C=O) groups excluding carboxylic acids is 2. The lowest BCUT2D eigenvalue weighted by atomic mass is 9.77. The van der Waals surface area contributed by atoms with E-state index in [1.54, 1.807) is 0 Å². The molecule has 3 heterocycles. The third-order valence-corrected chi connectivity index (χ3v) is 8.92. The first-order valence-electron chi connectivity index (χ1n) is 13.3. The lowest BCUT2D eigenvalue weighted by molar-refractivity contribution is 0.0610. The molecule has 0 radical (unpaired) electrons. The van der Waals surface area contributed by atoms with Crippen molar-refractivity contribution in [1.29, 1.82) is 0 Å². The first kappa shape index (κ1) is 25.7. The highest BCUT2D eigenvalue weighted by Gasteiger charge is 2.41. The Morgan fingerprint density at radius 3 is 2.46 bits per heavy atom. The average Bonchev–Trinajstić information content (AvgIpc) is 3.55. The van der Waals surface area contributed by atoms with Gasteiger partial charge in [-0.05, 0) is 85.0 Å². The van der Waals surface area contributed by atoms with Crippen LogP contribution < -0.4 is 10.2 Å². The maximum absolute atomic E-state index is 13.7. The van der Waals surface area contributed by atoms with Gasteiger partial charge in [0.25, 0.3) is 11.8 Å². The van der Waals surface area contributed by atoms with Gasteiger partial charge in [-0.3, -0.25) is 14.6 Å². The molecule has 1 atom stereocenters. The largest absolute Gasteiger partial charge is 0.371 e. The van der Waals surface area contributed by atoms with Crippen molar-refractivity contribution in [2.45, 2.75) is 38.1 Å². The minimum Gasteiger partial charge on any atom is -0.371 e. The van der Waals surface area contributed by atoms with Crippen molar-refractivity contribution < 1.29 is 18.4 Å². The Morgan fingerprint density at radius 2 is 1.69 bits per heavy atom. The summed E-state index contributed by atoms with van der Waals surface area (Å²) in [6, 6.07) is 11.1. The fourth-order valence-corrected chi connectivity index (χ4v) is 6.54. The highest BCUT2D eigenvalue weighted by molar-refractivity contribution is 6.33. The number of hydrogen-bond donors (Lipinski definition) is 1. The van der Waals surface area contributed by atoms with Crippen molar-refractivity contribution in [1.82, 2.24) is 15.2 Å². The van der Waals surface area contributed by atoms with Crippen molar-refractivity contribution in [2.24, 2.45) is 5.41 Å². The van der Waals surface area contributed by atoms with E-state index >= 15 is 0 Å². The van der Waals surface area contributed by atoms with Gasteiger partial charge in [-0.1, -0.05) is 17.7 Å². The number of nitrogens with zero attached hydrogens (tertiary/aromatic N) is 3. The van der Waals surface area contributed by atoms with E-state index in [1.165, 1.54) is 5.69 Å². The van der Waals surface area contributed by atoms with Gasteiger partial charge in [0.05, 0.1) is 16.6 Å². The van der Waals surface area contributed by atoms with Crippen LogP contribution in [0.25, 0.3) is 0 Å². The van der Waals surface area contributed by atoms with Gasteiger partial charge in [0.1, 0.15) is 0 Å². The summed E-state index contributed by atoms with van der Waals surface area (Å²) in [5.74, 6) is -2.81. The van der Waals surface area contributed by atoms with Crippen LogP contribution in [-0.4, -0.2) is 47.9 Å². The molecule has 6 rings (SSSR count). The number of amides is 2. The second-order valence-electron chi connectivity index (χ2n) is 10.9. The molecule has 0 saturated carbocycles. The molecule has 202 valence electrons. The third-order valence-electron chi connectivity index (χ3n) is 8.61. The van der Waals surface area contributed by atoms with Gasteiger partial charge in [-0.25, -0.2) is 8.78 Å². The highest BCUT2D eigenvalue weighted by atomic mass is 35.5. The molecule has 2 saturated heterocycles. The van der Waals surface area contributed by atoms with Gasteiger partial charge in [0.2, 0.25) is 0 Å². The first-order valence-corrected chi connectivity index (χ1v) is 13.7. The summed E-state index contributed by atoms with van der Waals surface area (Å²) in [4.78, 5) is 34.8. The quantitative estimate of drug-likeness (QED) is 0.432. The Bertz CT molecular complexity index is 1430. The smallest absolute Gasteiger partial charge is 0.253 e. The maximum Gasteiger partial charge on any atom is 0.253 e. The molecule has 1 spiro atoms. The number of carbonyl (C=O) groups is 2. The minimum absolute atomic E-state index is 0.00253. The van der Waals surface area contributed by atoms with Crippen molar-refractivity contribution in [3.05, 3.63) is 93.8 Å². The van der Waals surface area contributed by atoms with Crippen LogP contribution in [-0.2, 0) is 6.42 Å². The molecule has 2 amide bonds. The summed E-state index contributed by atoms with van der Waals surface area (Å²) in [5.41, 5.74) is 3.86. The molecule has 3 aromatic rings. The minimum atomic E-state index is -1.13. The van der Waals surface area contributed by atoms with Gasteiger partial charge in [-0.2, -0.15) is 0 Å². The molecular formula is C30H29ClF2N4O2. The number of aromatic nitrogens is 1. The number of anilines is 1. The molecule has 1 N–H and O–H groups in total. The van der Waals surface area contributed by atoms with Crippen LogP contribution in [0.2, 0.25) is 5.02 Å². The predicted octanol–water partition coefficient (Wildman–Crippen LogP) is 5.56. The summed E-state index contributed by atoms with van der Waals surface area (Å²) in [6.07, 6.45) is 8.12. The van der Waals surface area contributed by atoms with Gasteiger partial charge in [0, 0.05) is 49.8 Å². The summed E-state index contributed by atoms with van der Waals surface area (Å²) in [5, 5.41) is 2.74. The number of piperidine rings is 1. The van der Waals surface area contributed by atoms with Crippen LogP contribution in [0.3, 0.4) is 0 Å². The number of fused-ring (bicyclic) bond motifs is 1. The molecule has 9 heteroatoms. The van der Waals surface area contributed by atoms with E-state index in [1.807, 2.05) is 47.6 Å². The topological polar surface area (TPSA) is 65.5 Å². The molecular weight excluding hydrogens is 522 g/mol. The van der Waals surface area contributed by atoms with Crippen LogP contribution in [0.4, 0.5) is 14.5 Å². The second-order valence-corrected chi connectivity index (χ2v) is 11.3. The van der Waals surface area contributed by atoms with Crippen LogP contribution in [0.15, 0.2) is 54.9 Å². The lowest BCUT2D eigenvalue weighted by Gasteiger charge is -2.39. The zero-order valence-corrected chi connectivity index (χ0v) is 22.2. The summed E-state index contributed by atoms with van der Waals surface area (Å²) in [7, 11) is 0. The van der Waals surface area contributed by atoms with Gasteiger partial charge in [0.15, 0.2) is 11.6 Å². The predicted molar refractivity (Wildman–Crippen MR) is 145 cm³/mol. The zero-order valence-electron chi connectivity index (χ0n) is 21.4. The molecule has 6 nitrogen and oxygen atoms in total. The number of rotatable bonds is 4. The number of halogens is 3. The van der Waals surface area contributed by atoms with E-state index in [0.29, 0.717) is 12.0 Å². The van der Waals surface area contributed by atoms with Crippen molar-refractivity contribution in [3.8, 4) is 0 Å². The molecule has 2 fully saturated rings. The third kappa shape index (κ3) is 4.98. The van der Waals surface area contributed by atoms with Crippen LogP contribution in [0.5, 0.6) is 0 Å². The number of benzene rings is 2. The summed E-state index contributed by atoms with van der Waals surface area (Å²) in [6.45, 7) is 3.46. The van der Waals surface area contributed by atoms with Gasteiger partial charge >= 0.3 is 0 Å². The number of hydrogen-bond acceptors (Lipinski definition) is 4. The zero-order chi connectivity index (χ0) is 27.1. The average molecular weight is 551 g/mol. The molecule has 0 bridgehead atoms. The number of likely N-dealkylation sites (tertiary alicyclic amines) is 1. The number of aryl methyl sites for hydroxylation is 1. The normalized spacial score (nSPS) is 19.8. The van der Waals surface area contributed by atoms with Gasteiger partial charge in [-0.15, -0.1) is 0 Å². The monoisotopic (exact) mass is 550 g/mol. The first-order chi connectivity index (χ1) is 18.8. The Labute approximate surface area is 231 Å². The Kier molecular flexibility index (Phi) is 6.75. The van der Waals surface area contributed by atoms with Crippen LogP contribution >= 0.6 is 11.6 Å². The summed E-state index contributed by atoms with van der Waals surface area (Å²) < 4.78 is 27.2. The standard InChI is InChI=1S/C30H29ClF2N4O2/c31-24-17-26(33)25(32)16-23(24)28(38)35-27-4-3-19-1-2-20(15-22(19)27)29(39)36-12-7-30(8-13-36)9-14-37(18-30)21-5-10-34-11-6-21/h1-2,5-6,10-11,15-17,27H,3-4,7-9,12-14,18H2,(H,35,38). The number of pyridine rings is 1. The molecule has 2 aliphatic heterocycles. The SMILES string of the molecule is O=C(NC1CCc2ccc(C(=O)N3CCC4(CC3)CCN(c3ccncc3)C4)cc21)c1cc(F)c(F)cc1Cl. The fraction of sp³-hybridized carbons (Fsp3) is 0.367. The molecule has 1 aliphatic carbocycles. The fourth-order valence-electron chi connectivity index (χ4n) is 6.30. The van der Waals surface area contributed by atoms with E-state index < -0.39 is 17.5 Å². The van der Waals surface area contributed by atoms with E-state index in [2.05, 4.69) is 15.2 Å². The maximum atomic E-state index is 13.7. The highest BCUT2D eigenvalue weighted by Crippen LogP contribution is 2.42. The molecule has 2 aromatic carbocycles. The Morgan fingerprint density at radius 1 is 0.974 bits per heavy atom. The van der Waals surface area contributed by atoms with E-state index in [-0.39, 0.29) is 28.0 Å². The molecule has 1 aromatic heterocycles. The van der Waals surface area contributed by atoms with Crippen molar-refractivity contribution in [2.75, 3.05) is 31.1 Å². The molecule has 1 unspecified atom stereocenters. The Hall–Kier alpha value is -3.52. The van der Waals surface area contributed by atoms with Crippen LogP contribution in [0.1, 0.15) is 63.6 Å². The van der Waals surface area contributed by atoms with E-state index in [4.69, 9.17) is 11.6 Å². The summed E-state index contributed by atoms with van der Waals surface area (Å²) >= 11 is 6.00. The van der Waals surface area contributed by atoms with Crippen LogP contribution in [0, 0.1) is 17.0 Å². The second kappa shape index (κ2) is 10.2. The van der Waals surface area contributed by atoms with Crippen molar-refractivity contribution >= 4 is 29.1 Å². The lowest BCUT2D eigenvalue weighted by Crippen LogP contribution is -2.44. The molecule has 39 heavy (non-hydrogen) atoms. The van der Waals surface area contributed by atoms with E-state index in [0.717, 1.165) is 75.1 Å². The number of nitrogens with one attached hydrogen (secondary N) is 1. The Balaban J connectivity index is 1.11. The molecule has 3 aliphatic rings. The van der Waals surface area contributed by atoms with Gasteiger partial charge < -0.3 is 15.1 Å².